The Hall–Kier alpha value is -2.18. The number of carbonyl (C=O) groups excluding carboxylic acids is 2. The number of hydrogen-bond acceptors (Lipinski definition) is 4. The Morgan fingerprint density at radius 3 is 2.70 bits per heavy atom. The Labute approximate surface area is 138 Å². The minimum atomic E-state index is -0.312. The summed E-state index contributed by atoms with van der Waals surface area (Å²) in [5.41, 5.74) is 0.630. The van der Waals surface area contributed by atoms with E-state index in [9.17, 15) is 9.59 Å². The Morgan fingerprint density at radius 2 is 1.96 bits per heavy atom. The van der Waals surface area contributed by atoms with Gasteiger partial charge in [-0.05, 0) is 36.5 Å². The van der Waals surface area contributed by atoms with Crippen molar-refractivity contribution in [2.45, 2.75) is 25.0 Å². The second-order valence-electron chi connectivity index (χ2n) is 5.79. The van der Waals surface area contributed by atoms with Crippen LogP contribution in [0.3, 0.4) is 0 Å². The lowest BCUT2D eigenvalue weighted by molar-refractivity contribution is -0.122. The van der Waals surface area contributed by atoms with Crippen molar-refractivity contribution in [3.63, 3.8) is 0 Å². The molecule has 1 N–H and O–H groups in total. The van der Waals surface area contributed by atoms with Crippen LogP contribution in [0.1, 0.15) is 11.3 Å². The number of urea groups is 1. The van der Waals surface area contributed by atoms with Gasteiger partial charge < -0.3 is 10.2 Å². The summed E-state index contributed by atoms with van der Waals surface area (Å²) >= 11 is 1.63. The zero-order chi connectivity index (χ0) is 15.8. The molecule has 0 radical (unpaired) electrons. The zero-order valence-corrected chi connectivity index (χ0v) is 13.3. The van der Waals surface area contributed by atoms with Gasteiger partial charge in [-0.2, -0.15) is 0 Å². The highest BCUT2D eigenvalue weighted by molar-refractivity contribution is 7.09. The van der Waals surface area contributed by atoms with Gasteiger partial charge in [-0.3, -0.25) is 4.79 Å². The summed E-state index contributed by atoms with van der Waals surface area (Å²) in [5, 5.41) is 5.26. The summed E-state index contributed by atoms with van der Waals surface area (Å²) in [7, 11) is 0. The van der Waals surface area contributed by atoms with Gasteiger partial charge in [0.2, 0.25) is 0 Å². The van der Waals surface area contributed by atoms with E-state index < -0.39 is 0 Å². The summed E-state index contributed by atoms with van der Waals surface area (Å²) in [4.78, 5) is 30.1. The van der Waals surface area contributed by atoms with Gasteiger partial charge >= 0.3 is 6.03 Å². The van der Waals surface area contributed by atoms with Crippen molar-refractivity contribution in [1.82, 2.24) is 10.2 Å². The van der Waals surface area contributed by atoms with Gasteiger partial charge in [0, 0.05) is 4.88 Å². The molecule has 0 bridgehead atoms. The van der Waals surface area contributed by atoms with E-state index in [1.807, 2.05) is 40.6 Å². The molecule has 2 saturated heterocycles. The average molecular weight is 327 g/mol. The van der Waals surface area contributed by atoms with Crippen LogP contribution >= 0.6 is 11.3 Å². The molecule has 0 unspecified atom stereocenters. The fourth-order valence-corrected chi connectivity index (χ4v) is 4.05. The fourth-order valence-electron chi connectivity index (χ4n) is 3.35. The third-order valence-corrected chi connectivity index (χ3v) is 5.29. The van der Waals surface area contributed by atoms with Crippen molar-refractivity contribution in [2.24, 2.45) is 0 Å². The third kappa shape index (κ3) is 2.44. The van der Waals surface area contributed by atoms with Crippen LogP contribution in [0.2, 0.25) is 0 Å². The normalized spacial score (nSPS) is 24.2. The molecule has 4 rings (SSSR count). The van der Waals surface area contributed by atoms with Crippen molar-refractivity contribution in [2.75, 3.05) is 11.4 Å². The molecule has 3 amide bonds. The minimum absolute atomic E-state index is 0.0583. The van der Waals surface area contributed by atoms with Crippen LogP contribution in [-0.4, -0.2) is 35.5 Å². The highest BCUT2D eigenvalue weighted by Gasteiger charge is 2.48. The minimum Gasteiger partial charge on any atom is -0.314 e. The van der Waals surface area contributed by atoms with Crippen LogP contribution in [-0.2, 0) is 11.3 Å². The molecule has 2 aliphatic heterocycles. The van der Waals surface area contributed by atoms with Crippen LogP contribution in [0.4, 0.5) is 10.5 Å². The van der Waals surface area contributed by atoms with Crippen molar-refractivity contribution in [1.29, 1.82) is 0 Å². The number of imide groups is 1. The van der Waals surface area contributed by atoms with E-state index in [0.717, 1.165) is 17.8 Å². The second kappa shape index (κ2) is 5.79. The number of nitrogens with one attached hydrogen (secondary N) is 1. The molecule has 23 heavy (non-hydrogen) atoms. The molecule has 0 spiro atoms. The summed E-state index contributed by atoms with van der Waals surface area (Å²) in [6, 6.07) is 12.6. The number of thiophene rings is 1. The maximum atomic E-state index is 13.0. The fraction of sp³-hybridized carbons (Fsp3) is 0.294. The van der Waals surface area contributed by atoms with E-state index in [-0.39, 0.29) is 24.0 Å². The largest absolute Gasteiger partial charge is 0.332 e. The maximum Gasteiger partial charge on any atom is 0.332 e. The van der Waals surface area contributed by atoms with Crippen LogP contribution in [0.15, 0.2) is 47.8 Å². The van der Waals surface area contributed by atoms with Gasteiger partial charge in [-0.1, -0.05) is 24.3 Å². The number of rotatable bonds is 3. The molecule has 0 aliphatic carbocycles. The van der Waals surface area contributed by atoms with E-state index in [4.69, 9.17) is 0 Å². The summed E-state index contributed by atoms with van der Waals surface area (Å²) < 4.78 is 0. The summed E-state index contributed by atoms with van der Waals surface area (Å²) in [6.07, 6.45) is 0.816. The highest BCUT2D eigenvalue weighted by atomic mass is 32.1. The van der Waals surface area contributed by atoms with Crippen LogP contribution < -0.4 is 10.2 Å². The molecule has 5 nitrogen and oxygen atoms in total. The molecule has 2 aromatic rings. The van der Waals surface area contributed by atoms with E-state index >= 15 is 0 Å². The maximum absolute atomic E-state index is 13.0. The zero-order valence-electron chi connectivity index (χ0n) is 12.5. The van der Waals surface area contributed by atoms with Gasteiger partial charge in [-0.25, -0.2) is 9.69 Å². The van der Waals surface area contributed by atoms with E-state index in [1.54, 1.807) is 23.5 Å². The second-order valence-corrected chi connectivity index (χ2v) is 6.82. The van der Waals surface area contributed by atoms with Gasteiger partial charge in [0.25, 0.3) is 5.91 Å². The topological polar surface area (TPSA) is 52.7 Å². The predicted molar refractivity (Wildman–Crippen MR) is 89.4 cm³/mol. The molecule has 118 valence electrons. The standard InChI is InChI=1S/C17H17N3O2S/c21-16-15-14(8-9-18-15)19(11-13-7-4-10-23-13)17(22)20(16)12-5-2-1-3-6-12/h1-7,10,14-15,18H,8-9,11H2/t14-,15+/m1/s1. The molecule has 1 aromatic heterocycles. The van der Waals surface area contributed by atoms with Gasteiger partial charge in [0.05, 0.1) is 18.3 Å². The van der Waals surface area contributed by atoms with E-state index in [0.29, 0.717) is 12.2 Å². The van der Waals surface area contributed by atoms with E-state index in [1.165, 1.54) is 4.90 Å². The van der Waals surface area contributed by atoms with Gasteiger partial charge in [0.1, 0.15) is 6.04 Å². The molecule has 2 fully saturated rings. The molecule has 2 atom stereocenters. The Bertz CT molecular complexity index is 717. The lowest BCUT2D eigenvalue weighted by Crippen LogP contribution is -2.64. The Balaban J connectivity index is 1.70. The Kier molecular flexibility index (Phi) is 3.63. The number of hydrogen-bond donors (Lipinski definition) is 1. The molecule has 0 saturated carbocycles. The van der Waals surface area contributed by atoms with Crippen LogP contribution in [0.5, 0.6) is 0 Å². The molecular formula is C17H17N3O2S. The van der Waals surface area contributed by atoms with Crippen molar-refractivity contribution in [3.05, 3.63) is 52.7 Å². The number of fused-ring (bicyclic) bond motifs is 1. The summed E-state index contributed by atoms with van der Waals surface area (Å²) in [5.74, 6) is -0.147. The summed E-state index contributed by atoms with van der Waals surface area (Å²) in [6.45, 7) is 1.31. The Morgan fingerprint density at radius 1 is 1.13 bits per heavy atom. The van der Waals surface area contributed by atoms with Crippen LogP contribution in [0, 0.1) is 0 Å². The number of para-hydroxylation sites is 1. The number of benzene rings is 1. The molecule has 3 heterocycles. The predicted octanol–water partition coefficient (Wildman–Crippen LogP) is 2.45. The lowest BCUT2D eigenvalue weighted by atomic mass is 10.0. The smallest absolute Gasteiger partial charge is 0.314 e. The molecular weight excluding hydrogens is 310 g/mol. The number of nitrogens with zero attached hydrogens (tertiary/aromatic N) is 2. The number of carbonyl (C=O) groups is 2. The van der Waals surface area contributed by atoms with E-state index in [2.05, 4.69) is 5.32 Å². The van der Waals surface area contributed by atoms with Crippen molar-refractivity contribution in [3.8, 4) is 0 Å². The first-order chi connectivity index (χ1) is 11.3. The highest BCUT2D eigenvalue weighted by Crippen LogP contribution is 2.30. The third-order valence-electron chi connectivity index (χ3n) is 4.43. The number of amides is 3. The lowest BCUT2D eigenvalue weighted by Gasteiger charge is -2.41. The first-order valence-corrected chi connectivity index (χ1v) is 8.59. The van der Waals surface area contributed by atoms with Gasteiger partial charge in [-0.15, -0.1) is 11.3 Å². The van der Waals surface area contributed by atoms with Gasteiger partial charge in [0.15, 0.2) is 0 Å². The molecule has 2 aliphatic rings. The number of anilines is 1. The van der Waals surface area contributed by atoms with Crippen molar-refractivity contribution >= 4 is 29.0 Å². The SMILES string of the molecule is O=C1[C@H]2NCC[C@H]2N(Cc2cccs2)C(=O)N1c1ccccc1. The first kappa shape index (κ1) is 14.4. The average Bonchev–Trinajstić information content (AvgIpc) is 3.24. The quantitative estimate of drug-likeness (QED) is 0.942. The van der Waals surface area contributed by atoms with Crippen molar-refractivity contribution < 1.29 is 9.59 Å². The monoisotopic (exact) mass is 327 g/mol. The first-order valence-electron chi connectivity index (χ1n) is 7.71. The molecule has 1 aromatic carbocycles. The molecule has 6 heteroatoms. The van der Waals surface area contributed by atoms with Crippen LogP contribution in [0.25, 0.3) is 0 Å².